The van der Waals surface area contributed by atoms with Crippen LogP contribution < -0.4 is 5.32 Å². The molecule has 0 spiro atoms. The zero-order valence-corrected chi connectivity index (χ0v) is 14.5. The maximum atomic E-state index is 11.1. The molecular formula is C16H20ClN3O2S. The minimum Gasteiger partial charge on any atom is -0.312 e. The Labute approximate surface area is 145 Å². The molecule has 0 radical (unpaired) electrons. The van der Waals surface area contributed by atoms with Gasteiger partial charge in [-0.15, -0.1) is 23.7 Å². The lowest BCUT2D eigenvalue weighted by molar-refractivity contribution is -0.384. The standard InChI is InChI=1S/C16H19N3O2S.ClH/c1-12-10-18(9-8-17-12)11-13-6-7-16(22-13)14-4-2-3-5-15(14)19(20)21;/h2-7,12,17H,8-11H2,1H3;1H. The van der Waals surface area contributed by atoms with E-state index in [-0.39, 0.29) is 23.0 Å². The first-order chi connectivity index (χ1) is 10.6. The molecule has 2 aromatic rings. The highest BCUT2D eigenvalue weighted by atomic mass is 35.5. The average molecular weight is 354 g/mol. The lowest BCUT2D eigenvalue weighted by atomic mass is 10.1. The van der Waals surface area contributed by atoms with E-state index in [1.165, 1.54) is 4.88 Å². The topological polar surface area (TPSA) is 58.4 Å². The van der Waals surface area contributed by atoms with Crippen LogP contribution in [0.3, 0.4) is 0 Å². The number of thiophene rings is 1. The van der Waals surface area contributed by atoms with E-state index in [0.717, 1.165) is 31.1 Å². The first-order valence-electron chi connectivity index (χ1n) is 7.42. The normalized spacial score (nSPS) is 18.4. The van der Waals surface area contributed by atoms with Crippen LogP contribution in [0.2, 0.25) is 0 Å². The minimum absolute atomic E-state index is 0. The number of hydrogen-bond donors (Lipinski definition) is 1. The molecule has 1 N–H and O–H groups in total. The van der Waals surface area contributed by atoms with Crippen molar-refractivity contribution < 1.29 is 4.92 Å². The van der Waals surface area contributed by atoms with Gasteiger partial charge in [0.2, 0.25) is 0 Å². The van der Waals surface area contributed by atoms with Crippen molar-refractivity contribution in [1.82, 2.24) is 10.2 Å². The molecule has 1 aromatic heterocycles. The second-order valence-corrected chi connectivity index (χ2v) is 6.80. The molecule has 1 unspecified atom stereocenters. The second-order valence-electron chi connectivity index (χ2n) is 5.63. The fourth-order valence-electron chi connectivity index (χ4n) is 2.83. The van der Waals surface area contributed by atoms with Gasteiger partial charge in [0.15, 0.2) is 0 Å². The highest BCUT2D eigenvalue weighted by Crippen LogP contribution is 2.35. The molecule has 0 bridgehead atoms. The van der Waals surface area contributed by atoms with Crippen molar-refractivity contribution in [2.75, 3.05) is 19.6 Å². The Bertz CT molecular complexity index is 677. The molecular weight excluding hydrogens is 334 g/mol. The van der Waals surface area contributed by atoms with Gasteiger partial charge in [0.1, 0.15) is 0 Å². The molecule has 1 saturated heterocycles. The molecule has 0 aliphatic carbocycles. The lowest BCUT2D eigenvalue weighted by Crippen LogP contribution is -2.48. The number of nitrogens with one attached hydrogen (secondary N) is 1. The van der Waals surface area contributed by atoms with Crippen LogP contribution in [-0.2, 0) is 6.54 Å². The van der Waals surface area contributed by atoms with E-state index in [4.69, 9.17) is 0 Å². The quantitative estimate of drug-likeness (QED) is 0.674. The number of rotatable bonds is 4. The van der Waals surface area contributed by atoms with Gasteiger partial charge in [-0.1, -0.05) is 12.1 Å². The van der Waals surface area contributed by atoms with E-state index < -0.39 is 0 Å². The van der Waals surface area contributed by atoms with Crippen LogP contribution in [0.25, 0.3) is 10.4 Å². The van der Waals surface area contributed by atoms with Gasteiger partial charge in [0, 0.05) is 48.0 Å². The van der Waals surface area contributed by atoms with Crippen LogP contribution in [0.5, 0.6) is 0 Å². The summed E-state index contributed by atoms with van der Waals surface area (Å²) in [6.07, 6.45) is 0. The Morgan fingerprint density at radius 2 is 2.13 bits per heavy atom. The number of piperazine rings is 1. The molecule has 1 fully saturated rings. The second kappa shape index (κ2) is 7.88. The van der Waals surface area contributed by atoms with Gasteiger partial charge in [0.25, 0.3) is 5.69 Å². The maximum Gasteiger partial charge on any atom is 0.278 e. The Morgan fingerprint density at radius 1 is 1.35 bits per heavy atom. The third kappa shape index (κ3) is 4.29. The number of para-hydroxylation sites is 1. The zero-order valence-electron chi connectivity index (χ0n) is 12.9. The fraction of sp³-hybridized carbons (Fsp3) is 0.375. The number of nitro benzene ring substituents is 1. The third-order valence-corrected chi connectivity index (χ3v) is 4.96. The Kier molecular flexibility index (Phi) is 6.12. The zero-order chi connectivity index (χ0) is 15.5. The summed E-state index contributed by atoms with van der Waals surface area (Å²) >= 11 is 1.65. The predicted molar refractivity (Wildman–Crippen MR) is 96.4 cm³/mol. The van der Waals surface area contributed by atoms with Gasteiger partial charge < -0.3 is 5.32 Å². The maximum absolute atomic E-state index is 11.1. The van der Waals surface area contributed by atoms with Gasteiger partial charge >= 0.3 is 0 Å². The van der Waals surface area contributed by atoms with Gasteiger partial charge in [0.05, 0.1) is 10.5 Å². The summed E-state index contributed by atoms with van der Waals surface area (Å²) in [5.74, 6) is 0. The summed E-state index contributed by atoms with van der Waals surface area (Å²) in [7, 11) is 0. The Hall–Kier alpha value is -1.47. The molecule has 2 heterocycles. The van der Waals surface area contributed by atoms with E-state index in [1.807, 2.05) is 18.2 Å². The third-order valence-electron chi connectivity index (χ3n) is 3.86. The summed E-state index contributed by atoms with van der Waals surface area (Å²) in [5, 5.41) is 14.6. The van der Waals surface area contributed by atoms with E-state index in [1.54, 1.807) is 23.5 Å². The van der Waals surface area contributed by atoms with Crippen LogP contribution in [0, 0.1) is 10.1 Å². The van der Waals surface area contributed by atoms with Crippen molar-refractivity contribution in [3.63, 3.8) is 0 Å². The summed E-state index contributed by atoms with van der Waals surface area (Å²) in [4.78, 5) is 15.5. The molecule has 1 aromatic carbocycles. The van der Waals surface area contributed by atoms with E-state index >= 15 is 0 Å². The van der Waals surface area contributed by atoms with Crippen molar-refractivity contribution in [1.29, 1.82) is 0 Å². The lowest BCUT2D eigenvalue weighted by Gasteiger charge is -2.31. The van der Waals surface area contributed by atoms with Crippen molar-refractivity contribution in [3.05, 3.63) is 51.4 Å². The van der Waals surface area contributed by atoms with Crippen LogP contribution >= 0.6 is 23.7 Å². The first kappa shape index (κ1) is 17.9. The van der Waals surface area contributed by atoms with Crippen LogP contribution in [-0.4, -0.2) is 35.5 Å². The number of nitro groups is 1. The fourth-order valence-corrected chi connectivity index (χ4v) is 3.91. The molecule has 0 saturated carbocycles. The molecule has 124 valence electrons. The highest BCUT2D eigenvalue weighted by Gasteiger charge is 2.18. The minimum atomic E-state index is -0.313. The molecule has 23 heavy (non-hydrogen) atoms. The molecule has 1 atom stereocenters. The number of benzene rings is 1. The van der Waals surface area contributed by atoms with Crippen LogP contribution in [0.1, 0.15) is 11.8 Å². The molecule has 7 heteroatoms. The number of hydrogen-bond acceptors (Lipinski definition) is 5. The number of nitrogens with zero attached hydrogens (tertiary/aromatic N) is 2. The average Bonchev–Trinajstić information content (AvgIpc) is 2.95. The molecule has 1 aliphatic heterocycles. The summed E-state index contributed by atoms with van der Waals surface area (Å²) < 4.78 is 0. The molecule has 5 nitrogen and oxygen atoms in total. The molecule has 3 rings (SSSR count). The highest BCUT2D eigenvalue weighted by molar-refractivity contribution is 7.15. The smallest absolute Gasteiger partial charge is 0.278 e. The largest absolute Gasteiger partial charge is 0.312 e. The Balaban J connectivity index is 0.00000192. The van der Waals surface area contributed by atoms with Gasteiger partial charge in [-0.05, 0) is 25.1 Å². The van der Waals surface area contributed by atoms with E-state index in [9.17, 15) is 10.1 Å². The van der Waals surface area contributed by atoms with Crippen molar-refractivity contribution in [2.24, 2.45) is 0 Å². The SMILES string of the molecule is CC1CN(Cc2ccc(-c3ccccc3[N+](=O)[O-])s2)CCN1.Cl. The number of halogens is 1. The first-order valence-corrected chi connectivity index (χ1v) is 8.23. The van der Waals surface area contributed by atoms with Gasteiger partial charge in [-0.2, -0.15) is 0 Å². The van der Waals surface area contributed by atoms with Crippen molar-refractivity contribution >= 4 is 29.4 Å². The van der Waals surface area contributed by atoms with E-state index in [0.29, 0.717) is 11.6 Å². The van der Waals surface area contributed by atoms with Crippen LogP contribution in [0.4, 0.5) is 5.69 Å². The molecule has 0 amide bonds. The summed E-state index contributed by atoms with van der Waals surface area (Å²) in [6.45, 7) is 6.21. The van der Waals surface area contributed by atoms with Crippen molar-refractivity contribution in [3.8, 4) is 10.4 Å². The van der Waals surface area contributed by atoms with Gasteiger partial charge in [-0.25, -0.2) is 0 Å². The van der Waals surface area contributed by atoms with Crippen LogP contribution in [0.15, 0.2) is 36.4 Å². The van der Waals surface area contributed by atoms with E-state index in [2.05, 4.69) is 23.2 Å². The molecule has 1 aliphatic rings. The monoisotopic (exact) mass is 353 g/mol. The predicted octanol–water partition coefficient (Wildman–Crippen LogP) is 3.54. The van der Waals surface area contributed by atoms with Gasteiger partial charge in [-0.3, -0.25) is 15.0 Å². The summed E-state index contributed by atoms with van der Waals surface area (Å²) in [5.41, 5.74) is 0.879. The summed E-state index contributed by atoms with van der Waals surface area (Å²) in [6, 6.07) is 11.5. The Morgan fingerprint density at radius 3 is 2.87 bits per heavy atom. The van der Waals surface area contributed by atoms with Crippen molar-refractivity contribution in [2.45, 2.75) is 19.5 Å².